The van der Waals surface area contributed by atoms with E-state index in [2.05, 4.69) is 16.0 Å². The lowest BCUT2D eigenvalue weighted by molar-refractivity contribution is -0.134. The predicted molar refractivity (Wildman–Crippen MR) is 112 cm³/mol. The highest BCUT2D eigenvalue weighted by atomic mass is 35.5. The van der Waals surface area contributed by atoms with Crippen molar-refractivity contribution in [2.45, 2.75) is 51.5 Å². The van der Waals surface area contributed by atoms with Crippen molar-refractivity contribution in [3.05, 3.63) is 29.8 Å². The Balaban J connectivity index is 0.00000280. The Bertz CT molecular complexity index is 662. The molecular weight excluding hydrogens is 378 g/mol. The molecule has 2 aliphatic rings. The third kappa shape index (κ3) is 5.61. The van der Waals surface area contributed by atoms with Crippen molar-refractivity contribution in [3.63, 3.8) is 0 Å². The third-order valence-corrected chi connectivity index (χ3v) is 5.66. The normalized spacial score (nSPS) is 23.7. The molecule has 2 amide bonds. The number of para-hydroxylation sites is 1. The van der Waals surface area contributed by atoms with Crippen LogP contribution in [0.2, 0.25) is 0 Å². The molecule has 0 aromatic heterocycles. The van der Waals surface area contributed by atoms with E-state index in [1.807, 2.05) is 19.1 Å². The first kappa shape index (κ1) is 22.5. The van der Waals surface area contributed by atoms with Gasteiger partial charge < -0.3 is 20.7 Å². The molecule has 2 heterocycles. The van der Waals surface area contributed by atoms with Gasteiger partial charge in [0, 0.05) is 6.54 Å². The van der Waals surface area contributed by atoms with Gasteiger partial charge in [0.2, 0.25) is 5.91 Å². The Hall–Kier alpha value is -1.79. The maximum atomic E-state index is 13.1. The summed E-state index contributed by atoms with van der Waals surface area (Å²) >= 11 is 0. The molecule has 2 aliphatic heterocycles. The Morgan fingerprint density at radius 3 is 2.54 bits per heavy atom. The lowest BCUT2D eigenvalue weighted by Crippen LogP contribution is -2.50. The average Bonchev–Trinajstić information content (AvgIpc) is 2.69. The van der Waals surface area contributed by atoms with Crippen LogP contribution in [0.3, 0.4) is 0 Å². The lowest BCUT2D eigenvalue weighted by Gasteiger charge is -2.37. The maximum Gasteiger partial charge on any atom is 0.255 e. The number of nitrogens with one attached hydrogen (secondary N) is 3. The van der Waals surface area contributed by atoms with E-state index in [4.69, 9.17) is 4.74 Å². The molecule has 1 spiro atoms. The van der Waals surface area contributed by atoms with E-state index in [1.165, 1.54) is 0 Å². The van der Waals surface area contributed by atoms with E-state index in [0.717, 1.165) is 51.6 Å². The van der Waals surface area contributed by atoms with E-state index in [-0.39, 0.29) is 35.7 Å². The minimum atomic E-state index is -0.277. The summed E-state index contributed by atoms with van der Waals surface area (Å²) in [4.78, 5) is 25.5. The molecule has 0 bridgehead atoms. The largest absolute Gasteiger partial charge is 0.491 e. The van der Waals surface area contributed by atoms with E-state index >= 15 is 0 Å². The van der Waals surface area contributed by atoms with Crippen LogP contribution in [0.1, 0.15) is 55.8 Å². The van der Waals surface area contributed by atoms with Gasteiger partial charge in [0.1, 0.15) is 12.4 Å². The van der Waals surface area contributed by atoms with Crippen LogP contribution in [0.5, 0.6) is 5.75 Å². The van der Waals surface area contributed by atoms with Gasteiger partial charge in [-0.2, -0.15) is 0 Å². The van der Waals surface area contributed by atoms with Crippen molar-refractivity contribution >= 4 is 24.2 Å². The van der Waals surface area contributed by atoms with Gasteiger partial charge in [0.05, 0.1) is 17.0 Å². The second-order valence-corrected chi connectivity index (χ2v) is 7.78. The van der Waals surface area contributed by atoms with Gasteiger partial charge in [-0.25, -0.2) is 0 Å². The molecule has 6 nitrogen and oxygen atoms in total. The number of ether oxygens (including phenoxy) is 1. The SMILES string of the molecule is C[C@H]1COc2ccccc2C(=O)NCCCCCC2(CCNCC2)C(=O)N1.Cl. The van der Waals surface area contributed by atoms with Crippen molar-refractivity contribution in [2.24, 2.45) is 5.41 Å². The summed E-state index contributed by atoms with van der Waals surface area (Å²) in [5.74, 6) is 0.604. The topological polar surface area (TPSA) is 79.5 Å². The summed E-state index contributed by atoms with van der Waals surface area (Å²) in [6.07, 6.45) is 5.60. The molecule has 0 radical (unpaired) electrons. The highest BCUT2D eigenvalue weighted by Crippen LogP contribution is 2.35. The molecule has 1 aromatic rings. The zero-order chi connectivity index (χ0) is 19.1. The van der Waals surface area contributed by atoms with E-state index in [0.29, 0.717) is 24.5 Å². The first-order valence-corrected chi connectivity index (χ1v) is 10.1. The summed E-state index contributed by atoms with van der Waals surface area (Å²) in [5, 5.41) is 9.51. The predicted octanol–water partition coefficient (Wildman–Crippen LogP) is 2.67. The van der Waals surface area contributed by atoms with Gasteiger partial charge in [0.25, 0.3) is 5.91 Å². The molecule has 156 valence electrons. The quantitative estimate of drug-likeness (QED) is 0.615. The summed E-state index contributed by atoms with van der Waals surface area (Å²) < 4.78 is 5.88. The molecule has 0 aliphatic carbocycles. The van der Waals surface area contributed by atoms with Crippen LogP contribution in [0.15, 0.2) is 24.3 Å². The summed E-state index contributed by atoms with van der Waals surface area (Å²) in [5.41, 5.74) is 0.265. The molecule has 0 unspecified atom stereocenters. The van der Waals surface area contributed by atoms with Crippen LogP contribution in [-0.4, -0.2) is 44.1 Å². The second kappa shape index (κ2) is 10.7. The molecule has 1 aromatic carbocycles. The van der Waals surface area contributed by atoms with Gasteiger partial charge >= 0.3 is 0 Å². The van der Waals surface area contributed by atoms with Crippen LogP contribution in [-0.2, 0) is 4.79 Å². The van der Waals surface area contributed by atoms with Crippen LogP contribution < -0.4 is 20.7 Å². The third-order valence-electron chi connectivity index (χ3n) is 5.66. The van der Waals surface area contributed by atoms with E-state index < -0.39 is 0 Å². The molecule has 3 rings (SSSR count). The monoisotopic (exact) mass is 409 g/mol. The number of carbonyl (C=O) groups is 2. The van der Waals surface area contributed by atoms with Crippen LogP contribution in [0.25, 0.3) is 0 Å². The Morgan fingerprint density at radius 2 is 1.75 bits per heavy atom. The molecule has 28 heavy (non-hydrogen) atoms. The zero-order valence-corrected chi connectivity index (χ0v) is 17.4. The van der Waals surface area contributed by atoms with Crippen molar-refractivity contribution in [3.8, 4) is 5.75 Å². The number of hydrogen-bond acceptors (Lipinski definition) is 4. The Labute approximate surface area is 173 Å². The van der Waals surface area contributed by atoms with E-state index in [1.54, 1.807) is 12.1 Å². The number of carbonyl (C=O) groups excluding carboxylic acids is 2. The molecule has 0 saturated carbocycles. The fourth-order valence-electron chi connectivity index (χ4n) is 3.97. The standard InChI is InChI=1S/C21H31N3O3.ClH/c1-16-15-27-18-8-4-3-7-17(18)19(25)23-12-6-2-5-9-21(20(26)24-16)10-13-22-14-11-21;/h3-4,7-8,16,22H,2,5-6,9-15H2,1H3,(H,23,25)(H,24,26);1H/t16-;/m0./s1. The summed E-state index contributed by atoms with van der Waals surface area (Å²) in [6, 6.07) is 7.15. The molecule has 3 N–H and O–H groups in total. The van der Waals surface area contributed by atoms with Crippen molar-refractivity contribution in [1.29, 1.82) is 0 Å². The number of halogens is 1. The van der Waals surface area contributed by atoms with Gasteiger partial charge in [-0.3, -0.25) is 9.59 Å². The minimum absolute atomic E-state index is 0. The van der Waals surface area contributed by atoms with Gasteiger partial charge in [-0.05, 0) is 57.8 Å². The van der Waals surface area contributed by atoms with Gasteiger partial charge in [0.15, 0.2) is 0 Å². The molecule has 1 saturated heterocycles. The molecular formula is C21H32ClN3O3. The number of piperidine rings is 1. The lowest BCUT2D eigenvalue weighted by atomic mass is 9.74. The number of benzene rings is 1. The second-order valence-electron chi connectivity index (χ2n) is 7.78. The smallest absolute Gasteiger partial charge is 0.255 e. The molecule has 1 atom stereocenters. The van der Waals surface area contributed by atoms with Crippen LogP contribution in [0.4, 0.5) is 0 Å². The van der Waals surface area contributed by atoms with Gasteiger partial charge in [-0.1, -0.05) is 25.0 Å². The fraction of sp³-hybridized carbons (Fsp3) is 0.619. The number of hydrogen-bond donors (Lipinski definition) is 3. The number of amides is 2. The molecule has 1 fully saturated rings. The van der Waals surface area contributed by atoms with Crippen LogP contribution >= 0.6 is 12.4 Å². The van der Waals surface area contributed by atoms with Crippen LogP contribution in [0, 0.1) is 5.41 Å². The van der Waals surface area contributed by atoms with Crippen molar-refractivity contribution in [1.82, 2.24) is 16.0 Å². The Morgan fingerprint density at radius 1 is 1.00 bits per heavy atom. The Kier molecular flexibility index (Phi) is 8.58. The molecule has 7 heteroatoms. The first-order valence-electron chi connectivity index (χ1n) is 10.1. The minimum Gasteiger partial charge on any atom is -0.491 e. The van der Waals surface area contributed by atoms with Crippen molar-refractivity contribution < 1.29 is 14.3 Å². The fourth-order valence-corrected chi connectivity index (χ4v) is 3.97. The van der Waals surface area contributed by atoms with E-state index in [9.17, 15) is 9.59 Å². The number of rotatable bonds is 0. The maximum absolute atomic E-state index is 13.1. The highest BCUT2D eigenvalue weighted by molar-refractivity contribution is 5.96. The summed E-state index contributed by atoms with van der Waals surface area (Å²) in [6.45, 7) is 4.71. The van der Waals surface area contributed by atoms with Gasteiger partial charge in [-0.15, -0.1) is 12.4 Å². The first-order chi connectivity index (χ1) is 13.1. The number of fused-ring (bicyclic) bond motifs is 1. The van der Waals surface area contributed by atoms with Crippen molar-refractivity contribution in [2.75, 3.05) is 26.2 Å². The highest BCUT2D eigenvalue weighted by Gasteiger charge is 2.39. The summed E-state index contributed by atoms with van der Waals surface area (Å²) in [7, 11) is 0. The average molecular weight is 410 g/mol. The zero-order valence-electron chi connectivity index (χ0n) is 16.6.